The van der Waals surface area contributed by atoms with E-state index in [0.717, 1.165) is 38.7 Å². The van der Waals surface area contributed by atoms with Crippen molar-refractivity contribution < 1.29 is 9.47 Å². The molecule has 0 saturated heterocycles. The van der Waals surface area contributed by atoms with Gasteiger partial charge in [0.05, 0.1) is 4.47 Å². The lowest BCUT2D eigenvalue weighted by Crippen LogP contribution is -2.23. The van der Waals surface area contributed by atoms with Crippen molar-refractivity contribution in [3.8, 4) is 22.8 Å². The lowest BCUT2D eigenvalue weighted by molar-refractivity contribution is 0.174. The van der Waals surface area contributed by atoms with E-state index in [1.807, 2.05) is 24.3 Å². The Labute approximate surface area is 160 Å². The molecular weight excluding hydrogens is 394 g/mol. The Morgan fingerprint density at radius 3 is 2.81 bits per heavy atom. The molecule has 134 valence electrons. The number of benzene rings is 1. The van der Waals surface area contributed by atoms with Crippen LogP contribution in [0.1, 0.15) is 32.1 Å². The number of anilines is 1. The number of aromatic nitrogens is 2. The first-order valence-electron chi connectivity index (χ1n) is 9.13. The maximum atomic E-state index is 5.56. The molecule has 6 heteroatoms. The molecule has 1 aliphatic carbocycles. The van der Waals surface area contributed by atoms with Crippen molar-refractivity contribution in [2.75, 3.05) is 12.1 Å². The summed E-state index contributed by atoms with van der Waals surface area (Å²) in [6.07, 6.45) is 8.40. The maximum Gasteiger partial charge on any atom is 0.231 e. The van der Waals surface area contributed by atoms with Gasteiger partial charge in [-0.15, -0.1) is 0 Å². The second-order valence-corrected chi connectivity index (χ2v) is 7.76. The van der Waals surface area contributed by atoms with E-state index in [2.05, 4.69) is 37.9 Å². The molecule has 5 nitrogen and oxygen atoms in total. The minimum Gasteiger partial charge on any atom is -0.454 e. The van der Waals surface area contributed by atoms with Gasteiger partial charge in [-0.3, -0.25) is 4.40 Å². The molecule has 0 spiro atoms. The zero-order valence-corrected chi connectivity index (χ0v) is 16.0. The Kier molecular flexibility index (Phi) is 4.00. The molecule has 3 heterocycles. The number of ether oxygens (including phenoxy) is 2. The molecule has 0 atom stereocenters. The Balaban J connectivity index is 1.63. The molecule has 26 heavy (non-hydrogen) atoms. The molecule has 5 rings (SSSR count). The average Bonchev–Trinajstić information content (AvgIpc) is 3.28. The van der Waals surface area contributed by atoms with Gasteiger partial charge in [0.1, 0.15) is 11.5 Å². The Morgan fingerprint density at radius 2 is 1.92 bits per heavy atom. The zero-order valence-electron chi connectivity index (χ0n) is 14.4. The third kappa shape index (κ3) is 2.72. The van der Waals surface area contributed by atoms with E-state index in [1.165, 1.54) is 32.1 Å². The molecule has 1 fully saturated rings. The summed E-state index contributed by atoms with van der Waals surface area (Å²) in [6.45, 7) is 0.280. The van der Waals surface area contributed by atoms with Crippen LogP contribution in [0.3, 0.4) is 0 Å². The van der Waals surface area contributed by atoms with Gasteiger partial charge in [-0.2, -0.15) is 0 Å². The van der Waals surface area contributed by atoms with E-state index in [9.17, 15) is 0 Å². The van der Waals surface area contributed by atoms with Crippen molar-refractivity contribution in [3.63, 3.8) is 0 Å². The first kappa shape index (κ1) is 16.0. The van der Waals surface area contributed by atoms with Gasteiger partial charge in [0.25, 0.3) is 0 Å². The van der Waals surface area contributed by atoms with Crippen molar-refractivity contribution in [1.82, 2.24) is 9.38 Å². The lowest BCUT2D eigenvalue weighted by Gasteiger charge is -2.24. The summed E-state index contributed by atoms with van der Waals surface area (Å²) in [5, 5.41) is 3.77. The van der Waals surface area contributed by atoms with Crippen LogP contribution in [-0.4, -0.2) is 22.2 Å². The normalized spacial score (nSPS) is 17.0. The summed E-state index contributed by atoms with van der Waals surface area (Å²) in [6, 6.07) is 10.6. The summed E-state index contributed by atoms with van der Waals surface area (Å²) in [5.41, 5.74) is 2.89. The molecule has 3 aromatic rings. The molecule has 2 aliphatic rings. The van der Waals surface area contributed by atoms with Crippen LogP contribution in [0.25, 0.3) is 16.9 Å². The number of rotatable bonds is 3. The fourth-order valence-electron chi connectivity index (χ4n) is 3.86. The molecular formula is C20H20BrN3O2. The summed E-state index contributed by atoms with van der Waals surface area (Å²) in [4.78, 5) is 4.93. The first-order chi connectivity index (χ1) is 12.8. The van der Waals surface area contributed by atoms with E-state index in [0.29, 0.717) is 6.04 Å². The van der Waals surface area contributed by atoms with E-state index in [-0.39, 0.29) is 6.79 Å². The van der Waals surface area contributed by atoms with Gasteiger partial charge in [-0.25, -0.2) is 4.98 Å². The number of imidazole rings is 1. The van der Waals surface area contributed by atoms with Gasteiger partial charge < -0.3 is 14.8 Å². The largest absolute Gasteiger partial charge is 0.454 e. The Hall–Kier alpha value is -2.21. The predicted molar refractivity (Wildman–Crippen MR) is 105 cm³/mol. The zero-order chi connectivity index (χ0) is 17.5. The fraction of sp³-hybridized carbons (Fsp3) is 0.350. The van der Waals surface area contributed by atoms with Crippen LogP contribution < -0.4 is 14.8 Å². The topological polar surface area (TPSA) is 47.8 Å². The molecule has 0 unspecified atom stereocenters. The van der Waals surface area contributed by atoms with Gasteiger partial charge in [0.15, 0.2) is 17.1 Å². The molecule has 2 aromatic heterocycles. The number of nitrogens with one attached hydrogen (secondary N) is 1. The highest BCUT2D eigenvalue weighted by atomic mass is 79.9. The van der Waals surface area contributed by atoms with Crippen LogP contribution in [0, 0.1) is 0 Å². The standard InChI is InChI=1S/C20H20BrN3O2/c21-15-7-4-10-24-19(15)23-18(20(24)22-14-5-2-1-3-6-14)13-8-9-16-17(11-13)26-12-25-16/h4,7-11,14,22H,1-3,5-6,12H2. The highest BCUT2D eigenvalue weighted by Crippen LogP contribution is 2.39. The Morgan fingerprint density at radius 1 is 1.08 bits per heavy atom. The second-order valence-electron chi connectivity index (χ2n) is 6.91. The van der Waals surface area contributed by atoms with E-state index in [4.69, 9.17) is 14.5 Å². The number of fused-ring (bicyclic) bond motifs is 2. The van der Waals surface area contributed by atoms with Gasteiger partial charge in [0.2, 0.25) is 6.79 Å². The number of nitrogens with zero attached hydrogens (tertiary/aromatic N) is 2. The van der Waals surface area contributed by atoms with Crippen molar-refractivity contribution in [2.24, 2.45) is 0 Å². The number of halogens is 1. The smallest absolute Gasteiger partial charge is 0.231 e. The molecule has 1 saturated carbocycles. The van der Waals surface area contributed by atoms with Crippen LogP contribution >= 0.6 is 15.9 Å². The number of hydrogen-bond donors (Lipinski definition) is 1. The quantitative estimate of drug-likeness (QED) is 0.637. The summed E-state index contributed by atoms with van der Waals surface area (Å²) in [5.74, 6) is 2.62. The maximum absolute atomic E-state index is 5.56. The SMILES string of the molecule is Brc1cccn2c(NC3CCCCC3)c(-c3ccc4c(c3)OCO4)nc12. The van der Waals surface area contributed by atoms with E-state index in [1.54, 1.807) is 0 Å². The van der Waals surface area contributed by atoms with Crippen molar-refractivity contribution in [3.05, 3.63) is 41.0 Å². The molecule has 1 aromatic carbocycles. The third-order valence-corrected chi connectivity index (χ3v) is 5.81. The lowest BCUT2D eigenvalue weighted by atomic mass is 9.95. The van der Waals surface area contributed by atoms with E-state index < -0.39 is 0 Å². The summed E-state index contributed by atoms with van der Waals surface area (Å²) in [7, 11) is 0. The summed E-state index contributed by atoms with van der Waals surface area (Å²) < 4.78 is 14.1. The molecule has 0 amide bonds. The molecule has 0 bridgehead atoms. The van der Waals surface area contributed by atoms with Gasteiger partial charge >= 0.3 is 0 Å². The first-order valence-corrected chi connectivity index (χ1v) is 9.92. The molecule has 1 aliphatic heterocycles. The fourth-order valence-corrected chi connectivity index (χ4v) is 4.29. The van der Waals surface area contributed by atoms with Gasteiger partial charge in [-0.05, 0) is 59.1 Å². The van der Waals surface area contributed by atoms with Gasteiger partial charge in [-0.1, -0.05) is 19.3 Å². The van der Waals surface area contributed by atoms with Crippen molar-refractivity contribution in [2.45, 2.75) is 38.1 Å². The van der Waals surface area contributed by atoms with Crippen LogP contribution in [0.5, 0.6) is 11.5 Å². The van der Waals surface area contributed by atoms with Gasteiger partial charge in [0, 0.05) is 17.8 Å². The molecule has 1 N–H and O–H groups in total. The minimum absolute atomic E-state index is 0.280. The number of hydrogen-bond acceptors (Lipinski definition) is 4. The number of pyridine rings is 1. The highest BCUT2D eigenvalue weighted by molar-refractivity contribution is 9.10. The highest BCUT2D eigenvalue weighted by Gasteiger charge is 2.22. The molecule has 0 radical (unpaired) electrons. The Bertz CT molecular complexity index is 963. The summed E-state index contributed by atoms with van der Waals surface area (Å²) >= 11 is 3.64. The van der Waals surface area contributed by atoms with Crippen LogP contribution in [0.2, 0.25) is 0 Å². The predicted octanol–water partition coefficient (Wildman–Crippen LogP) is 5.24. The second kappa shape index (κ2) is 6.50. The minimum atomic E-state index is 0.280. The van der Waals surface area contributed by atoms with Crippen molar-refractivity contribution in [1.29, 1.82) is 0 Å². The monoisotopic (exact) mass is 413 g/mol. The van der Waals surface area contributed by atoms with Crippen LogP contribution in [0.4, 0.5) is 5.82 Å². The van der Waals surface area contributed by atoms with Crippen LogP contribution in [0.15, 0.2) is 41.0 Å². The third-order valence-electron chi connectivity index (χ3n) is 5.19. The van der Waals surface area contributed by atoms with E-state index >= 15 is 0 Å². The van der Waals surface area contributed by atoms with Crippen LogP contribution in [-0.2, 0) is 0 Å². The average molecular weight is 414 g/mol. The van der Waals surface area contributed by atoms with Crippen molar-refractivity contribution >= 4 is 27.4 Å².